The van der Waals surface area contributed by atoms with E-state index in [4.69, 9.17) is 9.92 Å². The molecule has 1 unspecified atom stereocenters. The summed E-state index contributed by atoms with van der Waals surface area (Å²) in [7, 11) is -2.92. The average Bonchev–Trinajstić information content (AvgIpc) is 2.80. The van der Waals surface area contributed by atoms with Gasteiger partial charge in [-0.2, -0.15) is 8.42 Å². The van der Waals surface area contributed by atoms with E-state index < -0.39 is 16.6 Å². The summed E-state index contributed by atoms with van der Waals surface area (Å²) >= 11 is 0. The number of quaternary nitrogens is 1. The Balaban J connectivity index is 3.79. The lowest BCUT2D eigenvalue weighted by molar-refractivity contribution is -0.927. The Kier molecular flexibility index (Phi) is 20.6. The van der Waals surface area contributed by atoms with Gasteiger partial charge in [0.25, 0.3) is 0 Å². The van der Waals surface area contributed by atoms with E-state index in [1.807, 2.05) is 0 Å². The fourth-order valence-electron chi connectivity index (χ4n) is 4.36. The minimum atomic E-state index is -4.00. The summed E-state index contributed by atoms with van der Waals surface area (Å²) in [4.78, 5) is 0. The lowest BCUT2D eigenvalue weighted by atomic mass is 10.1. The van der Waals surface area contributed by atoms with Crippen molar-refractivity contribution in [2.24, 2.45) is 5.73 Å². The Bertz CT molecular complexity index is 563. The Morgan fingerprint density at radius 2 is 1.21 bits per heavy atom. The van der Waals surface area contributed by atoms with Crippen molar-refractivity contribution in [1.82, 2.24) is 0 Å². The van der Waals surface area contributed by atoms with Crippen LogP contribution in [0.3, 0.4) is 0 Å². The van der Waals surface area contributed by atoms with Crippen molar-refractivity contribution < 1.29 is 21.3 Å². The highest BCUT2D eigenvalue weighted by molar-refractivity contribution is 7.81. The Labute approximate surface area is 206 Å². The molecule has 0 fully saturated rings. The first-order valence-corrected chi connectivity index (χ1v) is 14.9. The maximum absolute atomic E-state index is 11.5. The van der Waals surface area contributed by atoms with Crippen LogP contribution >= 0.6 is 0 Å². The zero-order valence-electron chi connectivity index (χ0n) is 22.2. The second-order valence-corrected chi connectivity index (χ2v) is 10.7. The van der Waals surface area contributed by atoms with Gasteiger partial charge in [0, 0.05) is 0 Å². The molecular weight excluding hydrogens is 436 g/mol. The van der Waals surface area contributed by atoms with Crippen molar-refractivity contribution in [3.05, 3.63) is 12.2 Å². The van der Waals surface area contributed by atoms with Gasteiger partial charge < -0.3 is 10.2 Å². The van der Waals surface area contributed by atoms with Crippen LogP contribution < -0.4 is 5.73 Å². The van der Waals surface area contributed by atoms with Gasteiger partial charge in [-0.05, 0) is 52.4 Å². The first-order valence-electron chi connectivity index (χ1n) is 13.6. The number of nitrogens with two attached hydrogens (primary N) is 1. The Hall–Kier alpha value is -0.470. The molecule has 0 saturated heterocycles. The van der Waals surface area contributed by atoms with Crippen LogP contribution in [0.2, 0.25) is 0 Å². The molecule has 0 saturated carbocycles. The molecule has 0 radical (unpaired) electrons. The number of hydrogen-bond donors (Lipinski definition) is 1. The minimum Gasteiger partial charge on any atom is -0.321 e. The van der Waals surface area contributed by atoms with Gasteiger partial charge in [-0.25, -0.2) is 4.18 Å². The molecule has 0 aromatic heterocycles. The molecule has 0 aliphatic carbocycles. The third kappa shape index (κ3) is 18.5. The standard InChI is InChI=1S/C26H55N2O4S/c1-5-8-9-10-11-12-13-14-15-16-17-18-19-20-21-22-23-24-28(6-2,7-3)25-26(27)32-33(29,30)31-4/h14-15,26H,5-13,16-25,27H2,1-4H3/q+1. The van der Waals surface area contributed by atoms with E-state index in [1.54, 1.807) is 0 Å². The molecule has 198 valence electrons. The number of likely N-dealkylation sites (N-methyl/N-ethyl adjacent to an activating group) is 1. The molecule has 0 heterocycles. The van der Waals surface area contributed by atoms with Crippen LogP contribution in [0, 0.1) is 0 Å². The summed E-state index contributed by atoms with van der Waals surface area (Å²) < 4.78 is 32.9. The fraction of sp³-hybridized carbons (Fsp3) is 0.923. The summed E-state index contributed by atoms with van der Waals surface area (Å²) in [6.07, 6.45) is 23.5. The first-order chi connectivity index (χ1) is 15.8. The fourth-order valence-corrected chi connectivity index (χ4v) is 4.81. The molecule has 0 bridgehead atoms. The van der Waals surface area contributed by atoms with E-state index in [1.165, 1.54) is 89.9 Å². The molecule has 0 amide bonds. The number of hydrogen-bond acceptors (Lipinski definition) is 5. The summed E-state index contributed by atoms with van der Waals surface area (Å²) in [6.45, 7) is 9.82. The zero-order chi connectivity index (χ0) is 24.8. The maximum atomic E-state index is 11.5. The number of unbranched alkanes of at least 4 members (excludes halogenated alkanes) is 13. The molecule has 0 aliphatic heterocycles. The van der Waals surface area contributed by atoms with Crippen LogP contribution in [0.5, 0.6) is 0 Å². The largest absolute Gasteiger partial charge is 0.401 e. The molecule has 33 heavy (non-hydrogen) atoms. The number of nitrogens with zero attached hydrogens (tertiary/aromatic N) is 1. The molecule has 6 nitrogen and oxygen atoms in total. The molecule has 0 rings (SSSR count). The number of rotatable bonds is 24. The van der Waals surface area contributed by atoms with Crippen LogP contribution in [-0.2, 0) is 18.8 Å². The van der Waals surface area contributed by atoms with Gasteiger partial charge in [0.15, 0.2) is 6.23 Å². The lowest BCUT2D eigenvalue weighted by Crippen LogP contribution is -2.55. The monoisotopic (exact) mass is 491 g/mol. The second kappa shape index (κ2) is 20.9. The predicted octanol–water partition coefficient (Wildman–Crippen LogP) is 6.46. The Morgan fingerprint density at radius 3 is 1.67 bits per heavy atom. The normalized spacial score (nSPS) is 13.7. The smallest absolute Gasteiger partial charge is 0.321 e. The number of allylic oxidation sites excluding steroid dienone is 2. The first kappa shape index (κ1) is 32.5. The van der Waals surface area contributed by atoms with Crippen LogP contribution in [-0.4, -0.2) is 52.4 Å². The van der Waals surface area contributed by atoms with Gasteiger partial charge in [0.05, 0.1) is 26.7 Å². The van der Waals surface area contributed by atoms with Crippen molar-refractivity contribution in [2.75, 3.05) is 33.3 Å². The van der Waals surface area contributed by atoms with Crippen molar-refractivity contribution in [3.8, 4) is 0 Å². The van der Waals surface area contributed by atoms with Crippen LogP contribution in [0.25, 0.3) is 0 Å². The summed E-state index contributed by atoms with van der Waals surface area (Å²) in [5.41, 5.74) is 5.94. The van der Waals surface area contributed by atoms with Crippen molar-refractivity contribution in [2.45, 2.75) is 123 Å². The van der Waals surface area contributed by atoms with Crippen LogP contribution in [0.15, 0.2) is 12.2 Å². The highest BCUT2D eigenvalue weighted by Gasteiger charge is 2.29. The van der Waals surface area contributed by atoms with Crippen molar-refractivity contribution in [3.63, 3.8) is 0 Å². The van der Waals surface area contributed by atoms with Crippen LogP contribution in [0.4, 0.5) is 0 Å². The summed E-state index contributed by atoms with van der Waals surface area (Å²) in [5.74, 6) is 0. The van der Waals surface area contributed by atoms with Gasteiger partial charge in [-0.15, -0.1) is 0 Å². The Morgan fingerprint density at radius 1 is 0.758 bits per heavy atom. The van der Waals surface area contributed by atoms with E-state index in [2.05, 4.69) is 37.1 Å². The summed E-state index contributed by atoms with van der Waals surface area (Å²) in [5, 5.41) is 0. The highest BCUT2D eigenvalue weighted by Crippen LogP contribution is 2.15. The van der Waals surface area contributed by atoms with Crippen molar-refractivity contribution >= 4 is 10.4 Å². The highest BCUT2D eigenvalue weighted by atomic mass is 32.3. The molecular formula is C26H55N2O4S+. The van der Waals surface area contributed by atoms with E-state index >= 15 is 0 Å². The van der Waals surface area contributed by atoms with Crippen LogP contribution in [0.1, 0.15) is 117 Å². The molecule has 0 spiro atoms. The molecule has 7 heteroatoms. The van der Waals surface area contributed by atoms with Gasteiger partial charge in [0.2, 0.25) is 0 Å². The molecule has 1 atom stereocenters. The van der Waals surface area contributed by atoms with E-state index in [9.17, 15) is 8.42 Å². The van der Waals surface area contributed by atoms with E-state index in [0.29, 0.717) is 6.54 Å². The van der Waals surface area contributed by atoms with E-state index in [-0.39, 0.29) is 0 Å². The van der Waals surface area contributed by atoms with Gasteiger partial charge >= 0.3 is 10.4 Å². The predicted molar refractivity (Wildman–Crippen MR) is 140 cm³/mol. The molecule has 0 aromatic rings. The molecule has 2 N–H and O–H groups in total. The topological polar surface area (TPSA) is 78.6 Å². The second-order valence-electron chi connectivity index (χ2n) is 9.38. The zero-order valence-corrected chi connectivity index (χ0v) is 23.0. The SMILES string of the molecule is CCCCCCCCC=CCCCCCCCCC[N+](CC)(CC)CC(N)OS(=O)(=O)OC. The molecule has 0 aliphatic rings. The quantitative estimate of drug-likeness (QED) is 0.0725. The van der Waals surface area contributed by atoms with E-state index in [0.717, 1.165) is 37.6 Å². The maximum Gasteiger partial charge on any atom is 0.401 e. The van der Waals surface area contributed by atoms with Gasteiger partial charge in [-0.3, -0.25) is 4.18 Å². The average molecular weight is 492 g/mol. The third-order valence-corrected chi connectivity index (χ3v) is 7.64. The summed E-state index contributed by atoms with van der Waals surface area (Å²) in [6, 6.07) is 0. The lowest BCUT2D eigenvalue weighted by Gasteiger charge is -2.38. The minimum absolute atomic E-state index is 0.474. The van der Waals surface area contributed by atoms with Gasteiger partial charge in [0.1, 0.15) is 6.54 Å². The van der Waals surface area contributed by atoms with Gasteiger partial charge in [-0.1, -0.05) is 76.9 Å². The third-order valence-electron chi connectivity index (χ3n) is 6.75. The molecule has 0 aromatic carbocycles. The van der Waals surface area contributed by atoms with Crippen molar-refractivity contribution in [1.29, 1.82) is 0 Å².